The Morgan fingerprint density at radius 2 is 0.400 bits per heavy atom. The van der Waals surface area contributed by atoms with Crippen molar-refractivity contribution in [2.75, 3.05) is 9.80 Å². The third-order valence-corrected chi connectivity index (χ3v) is 20.7. The minimum absolute atomic E-state index is 1.11. The fourth-order valence-corrected chi connectivity index (χ4v) is 15.6. The lowest BCUT2D eigenvalue weighted by Gasteiger charge is -2.26. The van der Waals surface area contributed by atoms with E-state index in [2.05, 4.69) is 442 Å². The first-order chi connectivity index (χ1) is 52.1. The van der Waals surface area contributed by atoms with Gasteiger partial charge in [0.1, 0.15) is 0 Å². The van der Waals surface area contributed by atoms with Crippen LogP contribution in [0.3, 0.4) is 0 Å². The van der Waals surface area contributed by atoms with Crippen LogP contribution >= 0.6 is 0 Å². The second-order valence-electron chi connectivity index (χ2n) is 26.8. The summed E-state index contributed by atoms with van der Waals surface area (Å²) < 4.78 is 7.18. The highest BCUT2D eigenvalue weighted by Gasteiger charge is 2.21. The molecule has 3 heterocycles. The van der Waals surface area contributed by atoms with Gasteiger partial charge in [0.25, 0.3) is 0 Å². The molecular formula is C100H69N5. The van der Waals surface area contributed by atoms with Gasteiger partial charge in [0, 0.05) is 83.5 Å². The summed E-state index contributed by atoms with van der Waals surface area (Å²) in [4.78, 5) is 4.64. The van der Waals surface area contributed by atoms with Gasteiger partial charge in [-0.1, -0.05) is 267 Å². The van der Waals surface area contributed by atoms with Gasteiger partial charge in [-0.2, -0.15) is 0 Å². The second-order valence-corrected chi connectivity index (χ2v) is 26.8. The number of fused-ring (bicyclic) bond motifs is 10. The van der Waals surface area contributed by atoms with Crippen LogP contribution in [-0.2, 0) is 0 Å². The SMILES string of the molecule is c1ccc(-c2ccc(N(c3ccccc3)c3ccc(-c4ccc(-n5c6ccccc6c6cc7c8ccccc8n(-c8ccccc8)c7cc65)cc4)cc3)cc2)cc1.c1ccc(N(c2ccc(-c3ccc(-n4c5ccccc5c5ccccc54)cc3)cc2)c2ccc(-c3ccc4ccccc4c3)cc2)cc1. The molecular weight excluding hydrogens is 1270 g/mol. The maximum atomic E-state index is 2.42. The molecule has 0 atom stereocenters. The van der Waals surface area contributed by atoms with Crippen molar-refractivity contribution >= 4 is 110 Å². The van der Waals surface area contributed by atoms with E-state index in [1.807, 2.05) is 0 Å². The molecule has 0 unspecified atom stereocenters. The molecule has 5 heteroatoms. The largest absolute Gasteiger partial charge is 0.311 e. The van der Waals surface area contributed by atoms with Crippen LogP contribution in [0.1, 0.15) is 0 Å². The van der Waals surface area contributed by atoms with Gasteiger partial charge in [-0.15, -0.1) is 0 Å². The van der Waals surface area contributed by atoms with E-state index < -0.39 is 0 Å². The van der Waals surface area contributed by atoms with E-state index in [4.69, 9.17) is 0 Å². The molecule has 0 saturated heterocycles. The zero-order valence-electron chi connectivity index (χ0n) is 57.6. The lowest BCUT2D eigenvalue weighted by molar-refractivity contribution is 1.16. The van der Waals surface area contributed by atoms with Gasteiger partial charge in [-0.3, -0.25) is 0 Å². The third kappa shape index (κ3) is 11.5. The molecule has 0 bridgehead atoms. The van der Waals surface area contributed by atoms with Crippen LogP contribution in [0.15, 0.2) is 419 Å². The number of aromatic nitrogens is 3. The van der Waals surface area contributed by atoms with Crippen LogP contribution in [0, 0.1) is 0 Å². The Morgan fingerprint density at radius 3 is 0.790 bits per heavy atom. The van der Waals surface area contributed by atoms with E-state index in [0.29, 0.717) is 0 Å². The van der Waals surface area contributed by atoms with Gasteiger partial charge >= 0.3 is 0 Å². The zero-order valence-corrected chi connectivity index (χ0v) is 57.6. The Hall–Kier alpha value is -14.0. The molecule has 0 N–H and O–H groups in total. The summed E-state index contributed by atoms with van der Waals surface area (Å²) in [5.41, 5.74) is 27.0. The molecule has 0 amide bonds. The molecule has 0 fully saturated rings. The van der Waals surface area contributed by atoms with Crippen molar-refractivity contribution < 1.29 is 0 Å². The summed E-state index contributed by atoms with van der Waals surface area (Å²) in [6.45, 7) is 0. The average Bonchev–Trinajstić information content (AvgIpc) is 1.56. The Morgan fingerprint density at radius 1 is 0.143 bits per heavy atom. The lowest BCUT2D eigenvalue weighted by atomic mass is 10.0. The van der Waals surface area contributed by atoms with E-state index >= 15 is 0 Å². The first-order valence-electron chi connectivity index (χ1n) is 36.0. The Kier molecular flexibility index (Phi) is 15.9. The number of rotatable bonds is 13. The first-order valence-corrected chi connectivity index (χ1v) is 36.0. The van der Waals surface area contributed by atoms with Crippen LogP contribution in [-0.4, -0.2) is 13.7 Å². The molecule has 3 aromatic heterocycles. The zero-order chi connectivity index (χ0) is 69.6. The maximum Gasteiger partial charge on any atom is 0.0562 e. The molecule has 0 radical (unpaired) electrons. The van der Waals surface area contributed by atoms with Crippen molar-refractivity contribution in [3.63, 3.8) is 0 Å². The molecule has 20 aromatic rings. The summed E-state index contributed by atoms with van der Waals surface area (Å²) >= 11 is 0. The fraction of sp³-hybridized carbons (Fsp3) is 0. The van der Waals surface area contributed by atoms with Gasteiger partial charge < -0.3 is 23.5 Å². The number of para-hydroxylation sites is 7. The third-order valence-electron chi connectivity index (χ3n) is 20.7. The second kappa shape index (κ2) is 26.8. The van der Waals surface area contributed by atoms with Crippen LogP contribution in [0.25, 0.3) is 138 Å². The number of hydrogen-bond acceptors (Lipinski definition) is 2. The minimum Gasteiger partial charge on any atom is -0.311 e. The monoisotopic (exact) mass is 1340 g/mol. The van der Waals surface area contributed by atoms with E-state index in [-0.39, 0.29) is 0 Å². The number of benzene rings is 17. The Bertz CT molecular complexity index is 6450. The van der Waals surface area contributed by atoms with Gasteiger partial charge in [0.05, 0.1) is 33.1 Å². The summed E-state index contributed by atoms with van der Waals surface area (Å²) in [6.07, 6.45) is 0. The number of nitrogens with zero attached hydrogens (tertiary/aromatic N) is 5. The fourth-order valence-electron chi connectivity index (χ4n) is 15.6. The van der Waals surface area contributed by atoms with Gasteiger partial charge in [-0.05, 0) is 207 Å². The smallest absolute Gasteiger partial charge is 0.0562 e. The van der Waals surface area contributed by atoms with Crippen molar-refractivity contribution in [2.24, 2.45) is 0 Å². The van der Waals surface area contributed by atoms with Crippen molar-refractivity contribution in [1.82, 2.24) is 13.7 Å². The minimum atomic E-state index is 1.11. The topological polar surface area (TPSA) is 21.3 Å². The summed E-state index contributed by atoms with van der Waals surface area (Å²) in [5, 5.41) is 10.1. The highest BCUT2D eigenvalue weighted by Crippen LogP contribution is 2.43. The molecule has 0 aliphatic rings. The van der Waals surface area contributed by atoms with E-state index in [1.54, 1.807) is 0 Å². The summed E-state index contributed by atoms with van der Waals surface area (Å²) in [5.74, 6) is 0. The first kappa shape index (κ1) is 62.0. The van der Waals surface area contributed by atoms with Crippen LogP contribution in [0.2, 0.25) is 0 Å². The quantitative estimate of drug-likeness (QED) is 0.115. The summed E-state index contributed by atoms with van der Waals surface area (Å²) in [7, 11) is 0. The van der Waals surface area contributed by atoms with Gasteiger partial charge in [0.15, 0.2) is 0 Å². The highest BCUT2D eigenvalue weighted by molar-refractivity contribution is 6.19. The van der Waals surface area contributed by atoms with Gasteiger partial charge in [0.2, 0.25) is 0 Å². The summed E-state index contributed by atoms with van der Waals surface area (Å²) in [6, 6.07) is 151. The van der Waals surface area contributed by atoms with Crippen LogP contribution < -0.4 is 9.80 Å². The normalized spacial score (nSPS) is 11.4. The molecule has 5 nitrogen and oxygen atoms in total. The molecule has 17 aromatic carbocycles. The number of anilines is 6. The van der Waals surface area contributed by atoms with E-state index in [1.165, 1.54) is 121 Å². The Labute approximate surface area is 610 Å². The number of hydrogen-bond donors (Lipinski definition) is 0. The molecule has 0 spiro atoms. The van der Waals surface area contributed by atoms with Crippen molar-refractivity contribution in [1.29, 1.82) is 0 Å². The molecule has 494 valence electrons. The Balaban J connectivity index is 0.000000146. The maximum absolute atomic E-state index is 2.42. The molecule has 0 aliphatic heterocycles. The lowest BCUT2D eigenvalue weighted by Crippen LogP contribution is -2.09. The van der Waals surface area contributed by atoms with Crippen molar-refractivity contribution in [3.05, 3.63) is 419 Å². The van der Waals surface area contributed by atoms with E-state index in [0.717, 1.165) is 51.2 Å². The van der Waals surface area contributed by atoms with Crippen molar-refractivity contribution in [2.45, 2.75) is 0 Å². The van der Waals surface area contributed by atoms with E-state index in [9.17, 15) is 0 Å². The van der Waals surface area contributed by atoms with Crippen LogP contribution in [0.4, 0.5) is 34.1 Å². The molecule has 0 saturated carbocycles. The molecule has 20 rings (SSSR count). The van der Waals surface area contributed by atoms with Gasteiger partial charge in [-0.25, -0.2) is 0 Å². The van der Waals surface area contributed by atoms with Crippen LogP contribution in [0.5, 0.6) is 0 Å². The predicted molar refractivity (Wildman–Crippen MR) is 445 cm³/mol. The van der Waals surface area contributed by atoms with Crippen molar-refractivity contribution in [3.8, 4) is 61.6 Å². The highest BCUT2D eigenvalue weighted by atomic mass is 15.1. The molecule has 0 aliphatic carbocycles. The molecule has 105 heavy (non-hydrogen) atoms. The standard InChI is InChI=1S/C54H37N3.C46H32N2/c1-4-14-38(15-5-1)39-24-30-44(31-25-39)55(42-16-6-2-7-17-42)45-32-26-40(27-33-45)41-28-34-46(35-29-41)57-52-23-13-11-21-48(52)50-36-49-47-20-10-12-22-51(47)56(53(49)37-54(50)57)43-18-8-3-9-19-43;1-2-12-39(13-3-1)47(41-28-24-36(25-29-41)38-19-18-33-10-4-5-11-37(33)32-38)40-26-20-34(21-27-40)35-22-30-42(31-23-35)48-45-16-8-6-14-43(45)44-15-7-9-17-46(44)48/h1-37H;1-32H. The average molecular weight is 1340 g/mol. The predicted octanol–water partition coefficient (Wildman–Crippen LogP) is 27.4.